The Labute approximate surface area is 98.7 Å². The average molecular weight is 242 g/mol. The smallest absolute Gasteiger partial charge is 0.338 e. The van der Waals surface area contributed by atoms with Crippen LogP contribution in [0, 0.1) is 12.7 Å². The maximum atomic E-state index is 13.2. The van der Waals surface area contributed by atoms with Crippen LogP contribution in [-0.4, -0.2) is 28.9 Å². The van der Waals surface area contributed by atoms with E-state index in [-0.39, 0.29) is 17.7 Å². The van der Waals surface area contributed by atoms with E-state index in [1.807, 2.05) is 0 Å². The van der Waals surface area contributed by atoms with Crippen LogP contribution >= 0.6 is 0 Å². The van der Waals surface area contributed by atoms with Gasteiger partial charge in [-0.1, -0.05) is 12.1 Å². The molecule has 0 amide bonds. The molecule has 0 heterocycles. The summed E-state index contributed by atoms with van der Waals surface area (Å²) in [6.45, 7) is 3.15. The molecule has 0 aromatic heterocycles. The van der Waals surface area contributed by atoms with Crippen molar-refractivity contribution >= 4 is 5.97 Å². The van der Waals surface area contributed by atoms with Crippen molar-refractivity contribution in [2.75, 3.05) is 6.61 Å². The van der Waals surface area contributed by atoms with Crippen LogP contribution in [0.5, 0.6) is 0 Å². The minimum absolute atomic E-state index is 0.102. The number of hydrogen-bond acceptors (Lipinski definition) is 4. The van der Waals surface area contributed by atoms with Crippen molar-refractivity contribution < 1.29 is 24.1 Å². The molecule has 0 radical (unpaired) electrons. The van der Waals surface area contributed by atoms with Gasteiger partial charge in [0.25, 0.3) is 0 Å². The zero-order chi connectivity index (χ0) is 13.0. The average Bonchev–Trinajstić information content (AvgIpc) is 2.31. The van der Waals surface area contributed by atoms with Crippen molar-refractivity contribution in [1.82, 2.24) is 0 Å². The number of halogens is 1. The number of benzene rings is 1. The van der Waals surface area contributed by atoms with Gasteiger partial charge in [-0.2, -0.15) is 0 Å². The minimum Gasteiger partial charge on any atom is -0.464 e. The summed E-state index contributed by atoms with van der Waals surface area (Å²) in [5.41, 5.74) is 0.369. The number of rotatable bonds is 4. The Balaban J connectivity index is 2.92. The molecular weight excluding hydrogens is 227 g/mol. The predicted molar refractivity (Wildman–Crippen MR) is 58.7 cm³/mol. The van der Waals surface area contributed by atoms with E-state index in [2.05, 4.69) is 4.74 Å². The molecule has 2 N–H and O–H groups in total. The first-order valence-electron chi connectivity index (χ1n) is 5.26. The van der Waals surface area contributed by atoms with Crippen LogP contribution in [0.25, 0.3) is 0 Å². The van der Waals surface area contributed by atoms with Crippen LogP contribution in [0.1, 0.15) is 24.2 Å². The molecule has 0 aliphatic rings. The second-order valence-corrected chi connectivity index (χ2v) is 3.60. The van der Waals surface area contributed by atoms with Gasteiger partial charge < -0.3 is 14.9 Å². The van der Waals surface area contributed by atoms with E-state index in [1.54, 1.807) is 6.92 Å². The Kier molecular flexibility index (Phi) is 4.60. The Morgan fingerprint density at radius 2 is 2.12 bits per heavy atom. The SMILES string of the molecule is CCOC(=O)C(O)C(O)c1cccc(F)c1C. The lowest BCUT2D eigenvalue weighted by atomic mass is 9.99. The highest BCUT2D eigenvalue weighted by molar-refractivity contribution is 5.75. The molecule has 2 atom stereocenters. The van der Waals surface area contributed by atoms with E-state index in [0.717, 1.165) is 0 Å². The monoisotopic (exact) mass is 242 g/mol. The number of hydrogen-bond donors (Lipinski definition) is 2. The highest BCUT2D eigenvalue weighted by atomic mass is 19.1. The van der Waals surface area contributed by atoms with Crippen LogP contribution in [-0.2, 0) is 9.53 Å². The van der Waals surface area contributed by atoms with Crippen molar-refractivity contribution in [3.63, 3.8) is 0 Å². The van der Waals surface area contributed by atoms with Crippen molar-refractivity contribution in [3.05, 3.63) is 35.1 Å². The number of esters is 1. The molecule has 2 unspecified atom stereocenters. The molecule has 17 heavy (non-hydrogen) atoms. The summed E-state index contributed by atoms with van der Waals surface area (Å²) in [4.78, 5) is 11.2. The lowest BCUT2D eigenvalue weighted by molar-refractivity contribution is -0.159. The molecule has 1 aromatic carbocycles. The number of aliphatic hydroxyl groups is 2. The van der Waals surface area contributed by atoms with Gasteiger partial charge in [-0.25, -0.2) is 9.18 Å². The minimum atomic E-state index is -1.71. The van der Waals surface area contributed by atoms with E-state index in [9.17, 15) is 19.4 Å². The van der Waals surface area contributed by atoms with Crippen LogP contribution in [0.4, 0.5) is 4.39 Å². The summed E-state index contributed by atoms with van der Waals surface area (Å²) in [5.74, 6) is -1.43. The largest absolute Gasteiger partial charge is 0.464 e. The molecule has 1 rings (SSSR count). The Morgan fingerprint density at radius 1 is 1.47 bits per heavy atom. The van der Waals surface area contributed by atoms with Gasteiger partial charge in [0.1, 0.15) is 11.9 Å². The van der Waals surface area contributed by atoms with Gasteiger partial charge in [-0.05, 0) is 31.0 Å². The van der Waals surface area contributed by atoms with E-state index in [0.29, 0.717) is 0 Å². The topological polar surface area (TPSA) is 66.8 Å². The van der Waals surface area contributed by atoms with Crippen molar-refractivity contribution in [1.29, 1.82) is 0 Å². The van der Waals surface area contributed by atoms with Gasteiger partial charge in [0.15, 0.2) is 6.10 Å². The molecular formula is C12H15FO4. The van der Waals surface area contributed by atoms with Crippen LogP contribution < -0.4 is 0 Å². The van der Waals surface area contributed by atoms with Gasteiger partial charge >= 0.3 is 5.97 Å². The number of carbonyl (C=O) groups is 1. The van der Waals surface area contributed by atoms with Crippen molar-refractivity contribution in [2.24, 2.45) is 0 Å². The predicted octanol–water partition coefficient (Wildman–Crippen LogP) is 1.09. The van der Waals surface area contributed by atoms with Crippen LogP contribution in [0.15, 0.2) is 18.2 Å². The van der Waals surface area contributed by atoms with Gasteiger partial charge in [-0.15, -0.1) is 0 Å². The highest BCUT2D eigenvalue weighted by Gasteiger charge is 2.28. The summed E-state index contributed by atoms with van der Waals surface area (Å²) in [7, 11) is 0. The molecule has 0 aliphatic carbocycles. The third kappa shape index (κ3) is 3.01. The first-order valence-corrected chi connectivity index (χ1v) is 5.26. The molecule has 0 fully saturated rings. The molecule has 5 heteroatoms. The van der Waals surface area contributed by atoms with Gasteiger partial charge in [0.2, 0.25) is 0 Å². The molecule has 0 spiro atoms. The van der Waals surface area contributed by atoms with E-state index in [4.69, 9.17) is 0 Å². The van der Waals surface area contributed by atoms with E-state index < -0.39 is 24.0 Å². The van der Waals surface area contributed by atoms with Gasteiger partial charge in [-0.3, -0.25) is 0 Å². The first kappa shape index (κ1) is 13.6. The van der Waals surface area contributed by atoms with E-state index in [1.165, 1.54) is 25.1 Å². The Morgan fingerprint density at radius 3 is 2.71 bits per heavy atom. The fourth-order valence-corrected chi connectivity index (χ4v) is 1.47. The zero-order valence-corrected chi connectivity index (χ0v) is 9.68. The molecule has 1 aromatic rings. The summed E-state index contributed by atoms with van der Waals surface area (Å²) in [5, 5.41) is 19.3. The molecule has 0 bridgehead atoms. The molecule has 0 saturated carbocycles. The highest BCUT2D eigenvalue weighted by Crippen LogP contribution is 2.23. The summed E-state index contributed by atoms with van der Waals surface area (Å²) in [6, 6.07) is 4.09. The van der Waals surface area contributed by atoms with Crippen molar-refractivity contribution in [3.8, 4) is 0 Å². The second-order valence-electron chi connectivity index (χ2n) is 3.60. The van der Waals surface area contributed by atoms with Gasteiger partial charge in [0, 0.05) is 0 Å². The maximum Gasteiger partial charge on any atom is 0.338 e. The fourth-order valence-electron chi connectivity index (χ4n) is 1.47. The van der Waals surface area contributed by atoms with Crippen LogP contribution in [0.2, 0.25) is 0 Å². The van der Waals surface area contributed by atoms with Gasteiger partial charge in [0.05, 0.1) is 6.61 Å². The summed E-state index contributed by atoms with van der Waals surface area (Å²) in [6.07, 6.45) is -3.21. The van der Waals surface area contributed by atoms with Crippen molar-refractivity contribution in [2.45, 2.75) is 26.1 Å². The second kappa shape index (κ2) is 5.75. The lowest BCUT2D eigenvalue weighted by Crippen LogP contribution is -2.30. The number of ether oxygens (including phenoxy) is 1. The third-order valence-electron chi connectivity index (χ3n) is 2.46. The number of carbonyl (C=O) groups excluding carboxylic acids is 1. The number of aliphatic hydroxyl groups excluding tert-OH is 2. The maximum absolute atomic E-state index is 13.2. The summed E-state index contributed by atoms with van der Waals surface area (Å²) >= 11 is 0. The Hall–Kier alpha value is -1.46. The molecule has 4 nitrogen and oxygen atoms in total. The molecule has 0 saturated heterocycles. The summed E-state index contributed by atoms with van der Waals surface area (Å²) < 4.78 is 17.8. The fraction of sp³-hybridized carbons (Fsp3) is 0.417. The molecule has 94 valence electrons. The Bertz CT molecular complexity index is 405. The third-order valence-corrected chi connectivity index (χ3v) is 2.46. The molecule has 0 aliphatic heterocycles. The standard InChI is InChI=1S/C12H15FO4/c1-3-17-12(16)11(15)10(14)8-5-4-6-9(13)7(8)2/h4-6,10-11,14-15H,3H2,1-2H3. The van der Waals surface area contributed by atoms with Crippen LogP contribution in [0.3, 0.4) is 0 Å². The normalized spacial score (nSPS) is 14.2. The lowest BCUT2D eigenvalue weighted by Gasteiger charge is -2.18. The van der Waals surface area contributed by atoms with E-state index >= 15 is 0 Å². The quantitative estimate of drug-likeness (QED) is 0.776. The zero-order valence-electron chi connectivity index (χ0n) is 9.68. The first-order chi connectivity index (χ1) is 7.99.